The lowest BCUT2D eigenvalue weighted by Gasteiger charge is -2.10. The number of fused-ring (bicyclic) bond motifs is 1. The maximum atomic E-state index is 12.0. The second kappa shape index (κ2) is 3.69. The van der Waals surface area contributed by atoms with E-state index in [9.17, 15) is 15.2 Å². The van der Waals surface area contributed by atoms with Crippen LogP contribution >= 0.6 is 0 Å². The number of aryl methyl sites for hydroxylation is 1. The molecule has 0 spiro atoms. The van der Waals surface area contributed by atoms with Crippen molar-refractivity contribution in [2.75, 3.05) is 0 Å². The third-order valence-electron chi connectivity index (χ3n) is 2.82. The van der Waals surface area contributed by atoms with Gasteiger partial charge in [-0.15, -0.1) is 0 Å². The van der Waals surface area contributed by atoms with Crippen LogP contribution in [0.1, 0.15) is 28.7 Å². The molecule has 5 nitrogen and oxygen atoms in total. The summed E-state index contributed by atoms with van der Waals surface area (Å²) in [5.74, 6) is -0.412. The molecule has 2 aromatic rings. The van der Waals surface area contributed by atoms with E-state index in [-0.39, 0.29) is 16.9 Å². The van der Waals surface area contributed by atoms with Crippen LogP contribution in [0.15, 0.2) is 18.2 Å². The largest absolute Gasteiger partial charge is 0.618 e. The van der Waals surface area contributed by atoms with Gasteiger partial charge in [-0.05, 0) is 6.92 Å². The maximum absolute atomic E-state index is 12.0. The van der Waals surface area contributed by atoms with E-state index in [0.717, 1.165) is 0 Å². The standard InChI is InChI=1S/C12H12N2O3/c1-7-5-4-6-10-11(7)13(16)8(2)12(9(3)15)14(10)17/h4-6H,1-3H3. The molecule has 0 aliphatic carbocycles. The fourth-order valence-corrected chi connectivity index (χ4v) is 2.00. The van der Waals surface area contributed by atoms with Gasteiger partial charge in [-0.25, -0.2) is 0 Å². The SMILES string of the molecule is CC(=O)c1c(C)[n+]([O-])c2c(C)cccc2[n+]1[O-]. The summed E-state index contributed by atoms with van der Waals surface area (Å²) < 4.78 is 1.18. The number of hydrogen-bond acceptors (Lipinski definition) is 3. The Morgan fingerprint density at radius 3 is 2.41 bits per heavy atom. The zero-order valence-electron chi connectivity index (χ0n) is 9.85. The highest BCUT2D eigenvalue weighted by Gasteiger charge is 2.28. The third-order valence-corrected chi connectivity index (χ3v) is 2.82. The molecule has 2 rings (SSSR count). The number of hydrogen-bond donors (Lipinski definition) is 0. The van der Waals surface area contributed by atoms with Crippen molar-refractivity contribution in [2.24, 2.45) is 0 Å². The average molecular weight is 232 g/mol. The van der Waals surface area contributed by atoms with E-state index in [1.165, 1.54) is 19.9 Å². The van der Waals surface area contributed by atoms with Crippen molar-refractivity contribution < 1.29 is 14.3 Å². The number of nitrogens with zero attached hydrogens (tertiary/aromatic N) is 2. The first-order valence-corrected chi connectivity index (χ1v) is 5.21. The first-order chi connectivity index (χ1) is 7.95. The molecular weight excluding hydrogens is 220 g/mol. The minimum absolute atomic E-state index is 0.0990. The van der Waals surface area contributed by atoms with Crippen molar-refractivity contribution >= 4 is 16.8 Å². The smallest absolute Gasteiger partial charge is 0.328 e. The molecule has 1 heterocycles. The fraction of sp³-hybridized carbons (Fsp3) is 0.250. The van der Waals surface area contributed by atoms with Crippen LogP contribution in [0, 0.1) is 24.3 Å². The van der Waals surface area contributed by atoms with E-state index >= 15 is 0 Å². The van der Waals surface area contributed by atoms with E-state index in [2.05, 4.69) is 0 Å². The molecule has 17 heavy (non-hydrogen) atoms. The average Bonchev–Trinajstić information content (AvgIpc) is 2.25. The lowest BCUT2D eigenvalue weighted by Crippen LogP contribution is -2.46. The molecule has 1 aromatic carbocycles. The molecule has 0 bridgehead atoms. The molecule has 0 unspecified atom stereocenters. The summed E-state index contributed by atoms with van der Waals surface area (Å²) in [5.41, 5.74) is 1.27. The van der Waals surface area contributed by atoms with Gasteiger partial charge in [0, 0.05) is 25.5 Å². The van der Waals surface area contributed by atoms with Crippen LogP contribution in [0.4, 0.5) is 0 Å². The first-order valence-electron chi connectivity index (χ1n) is 5.21. The van der Waals surface area contributed by atoms with Crippen molar-refractivity contribution in [3.05, 3.63) is 45.6 Å². The zero-order chi connectivity index (χ0) is 12.7. The molecule has 88 valence electrons. The Kier molecular flexibility index (Phi) is 2.46. The molecule has 0 aliphatic heterocycles. The molecule has 0 atom stereocenters. The number of rotatable bonds is 1. The van der Waals surface area contributed by atoms with Crippen molar-refractivity contribution in [1.29, 1.82) is 0 Å². The van der Waals surface area contributed by atoms with Crippen LogP contribution in [-0.4, -0.2) is 5.78 Å². The predicted octanol–water partition coefficient (Wildman–Crippen LogP) is 0.926. The van der Waals surface area contributed by atoms with Gasteiger partial charge in [0.1, 0.15) is 0 Å². The molecule has 0 saturated heterocycles. The van der Waals surface area contributed by atoms with Gasteiger partial charge in [0.2, 0.25) is 5.78 Å². The lowest BCUT2D eigenvalue weighted by molar-refractivity contribution is -0.635. The molecule has 0 saturated carbocycles. The molecule has 0 fully saturated rings. The van der Waals surface area contributed by atoms with Crippen LogP contribution in [0.3, 0.4) is 0 Å². The van der Waals surface area contributed by atoms with Gasteiger partial charge in [-0.3, -0.25) is 4.79 Å². The first kappa shape index (κ1) is 11.3. The van der Waals surface area contributed by atoms with Gasteiger partial charge >= 0.3 is 5.69 Å². The minimum atomic E-state index is -0.412. The number of aromatic nitrogens is 2. The Labute approximate surface area is 98.1 Å². The number of para-hydroxylation sites is 1. The Morgan fingerprint density at radius 2 is 1.82 bits per heavy atom. The van der Waals surface area contributed by atoms with Gasteiger partial charge in [0.25, 0.3) is 16.7 Å². The molecular formula is C12H12N2O3. The number of carbonyl (C=O) groups excluding carboxylic acids is 1. The van der Waals surface area contributed by atoms with E-state index in [0.29, 0.717) is 20.5 Å². The van der Waals surface area contributed by atoms with Gasteiger partial charge in [-0.1, -0.05) is 12.1 Å². The number of ketones is 1. The van der Waals surface area contributed by atoms with E-state index in [4.69, 9.17) is 0 Å². The lowest BCUT2D eigenvalue weighted by atomic mass is 10.1. The Balaban J connectivity index is 3.06. The third kappa shape index (κ3) is 1.51. The van der Waals surface area contributed by atoms with Gasteiger partial charge in [0.05, 0.1) is 0 Å². The number of Topliss-reactive ketones (excluding diaryl/α,β-unsaturated/α-hetero) is 1. The van der Waals surface area contributed by atoms with E-state index in [1.807, 2.05) is 0 Å². The Morgan fingerprint density at radius 1 is 1.18 bits per heavy atom. The van der Waals surface area contributed by atoms with Gasteiger partial charge in [-0.2, -0.15) is 9.46 Å². The highest BCUT2D eigenvalue weighted by atomic mass is 16.5. The predicted molar refractivity (Wildman–Crippen MR) is 61.3 cm³/mol. The summed E-state index contributed by atoms with van der Waals surface area (Å²) in [6.07, 6.45) is 0. The highest BCUT2D eigenvalue weighted by Crippen LogP contribution is 2.13. The maximum Gasteiger partial charge on any atom is 0.328 e. The van der Waals surface area contributed by atoms with Crippen LogP contribution in [0.2, 0.25) is 0 Å². The summed E-state index contributed by atoms with van der Waals surface area (Å²) in [4.78, 5) is 11.4. The molecule has 5 heteroatoms. The normalized spacial score (nSPS) is 10.8. The summed E-state index contributed by atoms with van der Waals surface area (Å²) >= 11 is 0. The second-order valence-corrected chi connectivity index (χ2v) is 4.02. The Bertz CT molecular complexity index is 635. The monoisotopic (exact) mass is 232 g/mol. The summed E-state index contributed by atoms with van der Waals surface area (Å²) in [6, 6.07) is 4.98. The van der Waals surface area contributed by atoms with Crippen LogP contribution < -0.4 is 9.46 Å². The van der Waals surface area contributed by atoms with E-state index in [1.54, 1.807) is 19.1 Å². The molecule has 0 radical (unpaired) electrons. The van der Waals surface area contributed by atoms with Gasteiger partial charge in [0.15, 0.2) is 0 Å². The second-order valence-electron chi connectivity index (χ2n) is 4.02. The van der Waals surface area contributed by atoms with Crippen molar-refractivity contribution in [3.63, 3.8) is 0 Å². The summed E-state index contributed by atoms with van der Waals surface area (Å²) in [7, 11) is 0. The topological polar surface area (TPSA) is 71.0 Å². The van der Waals surface area contributed by atoms with Crippen molar-refractivity contribution in [3.8, 4) is 0 Å². The molecule has 1 aromatic heterocycles. The van der Waals surface area contributed by atoms with E-state index < -0.39 is 5.78 Å². The molecule has 0 aliphatic rings. The van der Waals surface area contributed by atoms with Crippen LogP contribution in [-0.2, 0) is 0 Å². The quantitative estimate of drug-likeness (QED) is 0.417. The fourth-order valence-electron chi connectivity index (χ4n) is 2.00. The number of benzene rings is 1. The van der Waals surface area contributed by atoms with Gasteiger partial charge < -0.3 is 10.4 Å². The summed E-state index contributed by atoms with van der Waals surface area (Å²) in [6.45, 7) is 4.51. The van der Waals surface area contributed by atoms with Crippen molar-refractivity contribution in [1.82, 2.24) is 0 Å². The van der Waals surface area contributed by atoms with Crippen LogP contribution in [0.5, 0.6) is 0 Å². The summed E-state index contributed by atoms with van der Waals surface area (Å²) in [5, 5.41) is 24.1. The Hall–Kier alpha value is -2.17. The number of carbonyl (C=O) groups is 1. The highest BCUT2D eigenvalue weighted by molar-refractivity contribution is 5.92. The minimum Gasteiger partial charge on any atom is -0.618 e. The zero-order valence-corrected chi connectivity index (χ0v) is 9.85. The molecule has 0 N–H and O–H groups in total. The van der Waals surface area contributed by atoms with Crippen LogP contribution in [0.25, 0.3) is 11.0 Å². The molecule has 0 amide bonds. The van der Waals surface area contributed by atoms with Crippen molar-refractivity contribution in [2.45, 2.75) is 20.8 Å².